The number of oxazole rings is 1. The molecule has 1 fully saturated rings. The molecule has 1 saturated heterocycles. The number of piperidine rings is 1. The molecule has 2 heterocycles. The van der Waals surface area contributed by atoms with Crippen LogP contribution in [0.25, 0.3) is 11.1 Å². The Kier molecular flexibility index (Phi) is 2.83. The first-order chi connectivity index (χ1) is 8.79. The number of rotatable bonds is 2. The fourth-order valence-electron chi connectivity index (χ4n) is 2.55. The van der Waals surface area contributed by atoms with Gasteiger partial charge in [0.2, 0.25) is 0 Å². The largest absolute Gasteiger partial charge is 0.497 e. The third-order valence-electron chi connectivity index (χ3n) is 3.49. The van der Waals surface area contributed by atoms with Crippen molar-refractivity contribution < 1.29 is 9.15 Å². The van der Waals surface area contributed by atoms with Gasteiger partial charge in [-0.25, -0.2) is 4.79 Å². The van der Waals surface area contributed by atoms with E-state index in [-0.39, 0.29) is 11.8 Å². The van der Waals surface area contributed by atoms with Crippen molar-refractivity contribution in [2.75, 3.05) is 20.2 Å². The summed E-state index contributed by atoms with van der Waals surface area (Å²) < 4.78 is 12.2. The van der Waals surface area contributed by atoms with Gasteiger partial charge in [-0.15, -0.1) is 0 Å². The minimum Gasteiger partial charge on any atom is -0.497 e. The molecule has 5 nitrogen and oxygen atoms in total. The fourth-order valence-corrected chi connectivity index (χ4v) is 2.55. The summed E-state index contributed by atoms with van der Waals surface area (Å²) >= 11 is 0. The zero-order valence-electron chi connectivity index (χ0n) is 10.3. The van der Waals surface area contributed by atoms with Gasteiger partial charge in [-0.1, -0.05) is 0 Å². The summed E-state index contributed by atoms with van der Waals surface area (Å²) in [6.45, 7) is 1.89. The molecular weight excluding hydrogens is 232 g/mol. The van der Waals surface area contributed by atoms with E-state index in [1.807, 2.05) is 12.1 Å². The number of nitrogens with one attached hydrogen (secondary N) is 1. The molecule has 0 aliphatic carbocycles. The number of nitrogens with zero attached hydrogens (tertiary/aromatic N) is 1. The molecule has 5 heteroatoms. The van der Waals surface area contributed by atoms with Crippen LogP contribution in [0.1, 0.15) is 18.9 Å². The van der Waals surface area contributed by atoms with Gasteiger partial charge in [0.25, 0.3) is 0 Å². The van der Waals surface area contributed by atoms with E-state index in [1.54, 1.807) is 17.7 Å². The van der Waals surface area contributed by atoms with Gasteiger partial charge in [-0.2, -0.15) is 0 Å². The maximum Gasteiger partial charge on any atom is 0.420 e. The monoisotopic (exact) mass is 248 g/mol. The number of benzene rings is 1. The molecule has 0 radical (unpaired) electrons. The zero-order chi connectivity index (χ0) is 12.5. The Morgan fingerprint density at radius 2 is 2.17 bits per heavy atom. The molecule has 0 bridgehead atoms. The third-order valence-corrected chi connectivity index (χ3v) is 3.49. The fraction of sp³-hybridized carbons (Fsp3) is 0.462. The van der Waals surface area contributed by atoms with Crippen LogP contribution in [-0.4, -0.2) is 24.8 Å². The normalized spacial score (nSPS) is 17.2. The van der Waals surface area contributed by atoms with E-state index in [0.29, 0.717) is 11.3 Å². The quantitative estimate of drug-likeness (QED) is 0.875. The smallest absolute Gasteiger partial charge is 0.420 e. The molecule has 0 atom stereocenters. The Bertz CT molecular complexity index is 608. The van der Waals surface area contributed by atoms with Gasteiger partial charge in [0.1, 0.15) is 5.75 Å². The Morgan fingerprint density at radius 3 is 2.89 bits per heavy atom. The highest BCUT2D eigenvalue weighted by Gasteiger charge is 2.20. The summed E-state index contributed by atoms with van der Waals surface area (Å²) in [5.41, 5.74) is 1.45. The van der Waals surface area contributed by atoms with E-state index in [2.05, 4.69) is 5.32 Å². The van der Waals surface area contributed by atoms with E-state index in [0.717, 1.165) is 31.4 Å². The molecule has 1 aromatic heterocycles. The number of methoxy groups -OCH3 is 1. The van der Waals surface area contributed by atoms with Crippen molar-refractivity contribution in [1.82, 2.24) is 9.88 Å². The summed E-state index contributed by atoms with van der Waals surface area (Å²) in [6.07, 6.45) is 1.92. The van der Waals surface area contributed by atoms with Crippen LogP contribution in [-0.2, 0) is 0 Å². The molecule has 0 unspecified atom stereocenters. The Balaban J connectivity index is 2.10. The average molecular weight is 248 g/mol. The van der Waals surface area contributed by atoms with Crippen LogP contribution in [0, 0.1) is 0 Å². The number of hydrogen-bond acceptors (Lipinski definition) is 4. The molecule has 0 amide bonds. The van der Waals surface area contributed by atoms with Gasteiger partial charge in [0, 0.05) is 12.1 Å². The highest BCUT2D eigenvalue weighted by atomic mass is 16.5. The summed E-state index contributed by atoms with van der Waals surface area (Å²) in [5, 5.41) is 3.30. The summed E-state index contributed by atoms with van der Waals surface area (Å²) in [6, 6.07) is 5.73. The maximum atomic E-state index is 12.0. The van der Waals surface area contributed by atoms with Gasteiger partial charge in [-0.3, -0.25) is 4.57 Å². The van der Waals surface area contributed by atoms with Crippen molar-refractivity contribution in [3.8, 4) is 5.75 Å². The van der Waals surface area contributed by atoms with E-state index in [9.17, 15) is 4.79 Å². The first kappa shape index (κ1) is 11.3. The standard InChI is InChI=1S/C13H16N2O3/c1-17-10-2-3-11-12(8-10)18-13(16)15(11)9-4-6-14-7-5-9/h2-3,8-9,14H,4-7H2,1H3. The van der Waals surface area contributed by atoms with E-state index >= 15 is 0 Å². The lowest BCUT2D eigenvalue weighted by Gasteiger charge is -2.23. The van der Waals surface area contributed by atoms with Gasteiger partial charge < -0.3 is 14.5 Å². The van der Waals surface area contributed by atoms with Crippen LogP contribution in [0.2, 0.25) is 0 Å². The molecule has 1 aromatic carbocycles. The predicted molar refractivity (Wildman–Crippen MR) is 68.2 cm³/mol. The number of aromatic nitrogens is 1. The van der Waals surface area contributed by atoms with Crippen molar-refractivity contribution in [3.05, 3.63) is 28.7 Å². The topological polar surface area (TPSA) is 56.4 Å². The first-order valence-electron chi connectivity index (χ1n) is 6.19. The molecule has 0 spiro atoms. The second-order valence-electron chi connectivity index (χ2n) is 4.55. The van der Waals surface area contributed by atoms with Crippen LogP contribution in [0.3, 0.4) is 0 Å². The van der Waals surface area contributed by atoms with Crippen molar-refractivity contribution in [2.24, 2.45) is 0 Å². The number of ether oxygens (including phenoxy) is 1. The lowest BCUT2D eigenvalue weighted by molar-refractivity contribution is 0.349. The molecule has 3 rings (SSSR count). The SMILES string of the molecule is COc1ccc2c(c1)oc(=O)n2C1CCNCC1. The Labute approximate surface area is 104 Å². The van der Waals surface area contributed by atoms with E-state index in [4.69, 9.17) is 9.15 Å². The molecule has 0 saturated carbocycles. The third kappa shape index (κ3) is 1.80. The Morgan fingerprint density at radius 1 is 1.39 bits per heavy atom. The minimum atomic E-state index is -0.273. The molecule has 2 aromatic rings. The molecule has 18 heavy (non-hydrogen) atoms. The summed E-state index contributed by atoms with van der Waals surface area (Å²) in [7, 11) is 1.60. The van der Waals surface area contributed by atoms with Crippen molar-refractivity contribution >= 4 is 11.1 Å². The molecule has 96 valence electrons. The number of fused-ring (bicyclic) bond motifs is 1. The van der Waals surface area contributed by atoms with E-state index in [1.165, 1.54) is 0 Å². The maximum absolute atomic E-state index is 12.0. The zero-order valence-corrected chi connectivity index (χ0v) is 10.3. The molecular formula is C13H16N2O3. The van der Waals surface area contributed by atoms with Gasteiger partial charge in [-0.05, 0) is 38.1 Å². The van der Waals surface area contributed by atoms with Crippen LogP contribution in [0.4, 0.5) is 0 Å². The van der Waals surface area contributed by atoms with Gasteiger partial charge >= 0.3 is 5.76 Å². The van der Waals surface area contributed by atoms with Crippen LogP contribution in [0.15, 0.2) is 27.4 Å². The number of hydrogen-bond donors (Lipinski definition) is 1. The molecule has 1 aliphatic heterocycles. The average Bonchev–Trinajstić information content (AvgIpc) is 2.74. The van der Waals surface area contributed by atoms with Crippen LogP contribution in [0.5, 0.6) is 5.75 Å². The Hall–Kier alpha value is -1.75. The predicted octanol–water partition coefficient (Wildman–Crippen LogP) is 1.53. The minimum absolute atomic E-state index is 0.230. The molecule has 1 aliphatic rings. The van der Waals surface area contributed by atoms with Crippen molar-refractivity contribution in [1.29, 1.82) is 0 Å². The summed E-state index contributed by atoms with van der Waals surface area (Å²) in [5.74, 6) is 0.430. The van der Waals surface area contributed by atoms with Gasteiger partial charge in [0.05, 0.1) is 12.6 Å². The summed E-state index contributed by atoms with van der Waals surface area (Å²) in [4.78, 5) is 12.0. The van der Waals surface area contributed by atoms with Crippen molar-refractivity contribution in [3.63, 3.8) is 0 Å². The first-order valence-corrected chi connectivity index (χ1v) is 6.19. The lowest BCUT2D eigenvalue weighted by Crippen LogP contribution is -2.32. The highest BCUT2D eigenvalue weighted by Crippen LogP contribution is 2.25. The highest BCUT2D eigenvalue weighted by molar-refractivity contribution is 5.74. The van der Waals surface area contributed by atoms with Crippen LogP contribution >= 0.6 is 0 Å². The van der Waals surface area contributed by atoms with Crippen LogP contribution < -0.4 is 15.8 Å². The van der Waals surface area contributed by atoms with E-state index < -0.39 is 0 Å². The second kappa shape index (κ2) is 4.49. The lowest BCUT2D eigenvalue weighted by atomic mass is 10.1. The second-order valence-corrected chi connectivity index (χ2v) is 4.55. The van der Waals surface area contributed by atoms with Crippen molar-refractivity contribution in [2.45, 2.75) is 18.9 Å². The molecule has 1 N–H and O–H groups in total. The van der Waals surface area contributed by atoms with Gasteiger partial charge in [0.15, 0.2) is 5.58 Å².